The van der Waals surface area contributed by atoms with E-state index in [1.54, 1.807) is 4.90 Å². The minimum atomic E-state index is -1.25. The number of oxazole rings is 1. The standard InChI is InChI=1S/C44H67N5O6Si/c1-41(2,3)54-39(50)47-24-10-12-33(47)37-45-28-35(49(37)30-52-26-27-56(7,8)9)31-14-16-32(17-15-31)43-18-21-44(22-19-43,23-20-43)36-29-53-38(46-36)34-13-11-25-48(34)40(51)55-42(4,5)6/h14-17,28-29,33-34,37,45H,10-13,18-27,30H2,1-9H3/t33-,34-,37?,43?,44?/m0/s1. The van der Waals surface area contributed by atoms with Crippen LogP contribution in [0.2, 0.25) is 25.7 Å². The third-order valence-corrected chi connectivity index (χ3v) is 14.5. The van der Waals surface area contributed by atoms with Crippen molar-refractivity contribution in [3.05, 3.63) is 59.4 Å². The summed E-state index contributed by atoms with van der Waals surface area (Å²) < 4.78 is 24.1. The lowest BCUT2D eigenvalue weighted by molar-refractivity contribution is 0.000755. The minimum absolute atomic E-state index is 0.0232. The van der Waals surface area contributed by atoms with Crippen LogP contribution in [0.15, 0.2) is 41.1 Å². The largest absolute Gasteiger partial charge is 0.446 e. The monoisotopic (exact) mass is 789 g/mol. The molecule has 0 radical (unpaired) electrons. The zero-order chi connectivity index (χ0) is 40.1. The first-order valence-electron chi connectivity index (χ1n) is 21.2. The average molecular weight is 790 g/mol. The van der Waals surface area contributed by atoms with E-state index in [9.17, 15) is 9.59 Å². The molecule has 1 aromatic heterocycles. The zero-order valence-corrected chi connectivity index (χ0v) is 36.5. The van der Waals surface area contributed by atoms with Gasteiger partial charge in [-0.25, -0.2) is 14.6 Å². The van der Waals surface area contributed by atoms with Gasteiger partial charge in [0.2, 0.25) is 5.89 Å². The summed E-state index contributed by atoms with van der Waals surface area (Å²) in [5.74, 6) is 0.648. The van der Waals surface area contributed by atoms with Crippen molar-refractivity contribution in [3.63, 3.8) is 0 Å². The van der Waals surface area contributed by atoms with E-state index in [-0.39, 0.29) is 41.3 Å². The van der Waals surface area contributed by atoms with E-state index in [0.29, 0.717) is 25.7 Å². The number of hydrogen-bond donors (Lipinski definition) is 1. The number of rotatable bonds is 10. The summed E-state index contributed by atoms with van der Waals surface area (Å²) in [6.07, 6.45) is 13.6. The number of carbonyl (C=O) groups is 2. The Balaban J connectivity index is 1.03. The van der Waals surface area contributed by atoms with E-state index >= 15 is 0 Å². The molecule has 0 spiro atoms. The molecule has 8 rings (SSSR count). The SMILES string of the molecule is CC(C)(C)OC(=O)N1CCC[C@H]1c1nc(C23CCC(c4ccc(C5=CNC([C@@H]6CCCN6C(=O)OC(C)(C)C)N5COCC[Si](C)(C)C)cc4)(CC2)CC3)co1. The van der Waals surface area contributed by atoms with Crippen molar-refractivity contribution in [3.8, 4) is 0 Å². The summed E-state index contributed by atoms with van der Waals surface area (Å²) in [6.45, 7) is 21.2. The predicted octanol–water partition coefficient (Wildman–Crippen LogP) is 9.53. The fourth-order valence-electron chi connectivity index (χ4n) is 9.66. The van der Waals surface area contributed by atoms with Crippen LogP contribution in [0.25, 0.3) is 5.70 Å². The summed E-state index contributed by atoms with van der Waals surface area (Å²) in [7, 11) is -1.25. The van der Waals surface area contributed by atoms with Crippen molar-refractivity contribution in [1.29, 1.82) is 0 Å². The molecule has 12 heteroatoms. The van der Waals surface area contributed by atoms with E-state index in [1.165, 1.54) is 5.56 Å². The highest BCUT2D eigenvalue weighted by Gasteiger charge is 2.52. The van der Waals surface area contributed by atoms with Gasteiger partial charge in [-0.15, -0.1) is 0 Å². The normalized spacial score (nSPS) is 28.1. The van der Waals surface area contributed by atoms with E-state index in [2.05, 4.69) is 60.3 Å². The molecule has 3 aliphatic heterocycles. The lowest BCUT2D eigenvalue weighted by Gasteiger charge is -2.53. The molecular weight excluding hydrogens is 723 g/mol. The molecule has 56 heavy (non-hydrogen) atoms. The van der Waals surface area contributed by atoms with Crippen molar-refractivity contribution in [2.24, 2.45) is 0 Å². The minimum Gasteiger partial charge on any atom is -0.446 e. The molecule has 1 unspecified atom stereocenters. The molecule has 2 bridgehead atoms. The number of carbonyl (C=O) groups excluding carboxylic acids is 2. The first-order valence-corrected chi connectivity index (χ1v) is 24.9. The quantitative estimate of drug-likeness (QED) is 0.186. The third kappa shape index (κ3) is 8.66. The predicted molar refractivity (Wildman–Crippen MR) is 221 cm³/mol. The zero-order valence-electron chi connectivity index (χ0n) is 35.5. The first kappa shape index (κ1) is 40.7. The first-order chi connectivity index (χ1) is 26.4. The lowest BCUT2D eigenvalue weighted by atomic mass is 9.51. The number of likely N-dealkylation sites (tertiary alicyclic amines) is 2. The van der Waals surface area contributed by atoms with Gasteiger partial charge in [0.25, 0.3) is 0 Å². The van der Waals surface area contributed by atoms with Gasteiger partial charge in [0.15, 0.2) is 0 Å². The van der Waals surface area contributed by atoms with Crippen LogP contribution < -0.4 is 5.32 Å². The van der Waals surface area contributed by atoms with E-state index in [4.69, 9.17) is 23.6 Å². The summed E-state index contributed by atoms with van der Waals surface area (Å²) in [5.41, 5.74) is 3.83. The Bertz CT molecular complexity index is 1730. The molecule has 2 aromatic rings. The summed E-state index contributed by atoms with van der Waals surface area (Å²) in [4.78, 5) is 37.4. The molecule has 1 aromatic carbocycles. The number of aromatic nitrogens is 1. The molecule has 2 amide bonds. The van der Waals surface area contributed by atoms with Crippen molar-refractivity contribution in [2.45, 2.75) is 172 Å². The highest BCUT2D eigenvalue weighted by Crippen LogP contribution is 2.58. The Kier molecular flexibility index (Phi) is 11.1. The fraction of sp³-hybridized carbons (Fsp3) is 0.705. The molecule has 1 N–H and O–H groups in total. The van der Waals surface area contributed by atoms with Gasteiger partial charge in [-0.2, -0.15) is 0 Å². The Morgan fingerprint density at radius 2 is 1.45 bits per heavy atom. The summed E-state index contributed by atoms with van der Waals surface area (Å²) >= 11 is 0. The van der Waals surface area contributed by atoms with Gasteiger partial charge in [0.05, 0.1) is 17.4 Å². The highest BCUT2D eigenvalue weighted by molar-refractivity contribution is 6.76. The van der Waals surface area contributed by atoms with Crippen LogP contribution in [0, 0.1) is 0 Å². The van der Waals surface area contributed by atoms with E-state index in [0.717, 1.165) is 93.8 Å². The molecule has 4 heterocycles. The Labute approximate surface area is 335 Å². The maximum atomic E-state index is 13.3. The van der Waals surface area contributed by atoms with Crippen molar-refractivity contribution in [1.82, 2.24) is 25.0 Å². The Hall–Kier alpha value is -3.51. The highest BCUT2D eigenvalue weighted by atomic mass is 28.3. The maximum absolute atomic E-state index is 13.3. The molecular formula is C44H67N5O6Si. The number of ether oxygens (including phenoxy) is 3. The Morgan fingerprint density at radius 1 is 0.857 bits per heavy atom. The van der Waals surface area contributed by atoms with Crippen molar-refractivity contribution >= 4 is 26.0 Å². The topological polar surface area (TPSA) is 110 Å². The van der Waals surface area contributed by atoms with Gasteiger partial charge < -0.3 is 33.7 Å². The molecule has 5 fully saturated rings. The summed E-state index contributed by atoms with van der Waals surface area (Å²) in [6, 6.07) is 10.2. The van der Waals surface area contributed by atoms with E-state index in [1.807, 2.05) is 52.7 Å². The van der Waals surface area contributed by atoms with Crippen LogP contribution in [0.5, 0.6) is 0 Å². The fourth-order valence-corrected chi connectivity index (χ4v) is 10.4. The second kappa shape index (κ2) is 15.3. The molecule has 308 valence electrons. The van der Waals surface area contributed by atoms with Crippen LogP contribution in [-0.4, -0.2) is 89.8 Å². The van der Waals surface area contributed by atoms with Gasteiger partial charge in [0, 0.05) is 39.4 Å². The Morgan fingerprint density at radius 3 is 2.07 bits per heavy atom. The van der Waals surface area contributed by atoms with Crippen LogP contribution in [-0.2, 0) is 25.0 Å². The van der Waals surface area contributed by atoms with Gasteiger partial charge >= 0.3 is 12.2 Å². The molecule has 11 nitrogen and oxygen atoms in total. The lowest BCUT2D eigenvalue weighted by Crippen LogP contribution is -2.54. The third-order valence-electron chi connectivity index (χ3n) is 12.8. The number of nitrogens with one attached hydrogen (secondary N) is 1. The van der Waals surface area contributed by atoms with Crippen molar-refractivity contribution in [2.75, 3.05) is 26.4 Å². The van der Waals surface area contributed by atoms with Crippen LogP contribution in [0.4, 0.5) is 9.59 Å². The van der Waals surface area contributed by atoms with Crippen LogP contribution in [0.1, 0.15) is 135 Å². The van der Waals surface area contributed by atoms with E-state index < -0.39 is 19.3 Å². The summed E-state index contributed by atoms with van der Waals surface area (Å²) in [5, 5.41) is 3.66. The number of hydrogen-bond acceptors (Lipinski definition) is 9. The second-order valence-corrected chi connectivity index (χ2v) is 26.0. The molecule has 3 atom stereocenters. The average Bonchev–Trinajstić information content (AvgIpc) is 3.95. The molecule has 6 aliphatic rings. The van der Waals surface area contributed by atoms with Crippen LogP contribution in [0.3, 0.4) is 0 Å². The van der Waals surface area contributed by atoms with Gasteiger partial charge in [-0.1, -0.05) is 43.9 Å². The number of fused-ring (bicyclic) bond motifs is 3. The van der Waals surface area contributed by atoms with Gasteiger partial charge in [0.1, 0.15) is 36.4 Å². The van der Waals surface area contributed by atoms with Gasteiger partial charge in [-0.3, -0.25) is 4.90 Å². The number of amides is 2. The number of nitrogens with zero attached hydrogens (tertiary/aromatic N) is 4. The molecule has 2 saturated heterocycles. The smallest absolute Gasteiger partial charge is 0.410 e. The van der Waals surface area contributed by atoms with Gasteiger partial charge in [-0.05, 0) is 128 Å². The molecule has 3 aliphatic carbocycles. The second-order valence-electron chi connectivity index (χ2n) is 20.4. The maximum Gasteiger partial charge on any atom is 0.410 e. The molecule has 3 saturated carbocycles. The van der Waals surface area contributed by atoms with Crippen LogP contribution >= 0.6 is 0 Å². The van der Waals surface area contributed by atoms with Crippen molar-refractivity contribution < 1.29 is 28.2 Å². The number of benzene rings is 1.